The molecule has 0 spiro atoms. The molecule has 3 aromatic rings. The Bertz CT molecular complexity index is 1260. The van der Waals surface area contributed by atoms with Crippen LogP contribution in [0.4, 0.5) is 5.69 Å². The van der Waals surface area contributed by atoms with E-state index in [9.17, 15) is 9.90 Å². The number of nitrogens with zero attached hydrogens (tertiary/aromatic N) is 3. The van der Waals surface area contributed by atoms with Gasteiger partial charge in [-0.2, -0.15) is 0 Å². The van der Waals surface area contributed by atoms with Crippen LogP contribution in [0, 0.1) is 26.7 Å². The molecule has 1 aliphatic rings. The second-order valence-electron chi connectivity index (χ2n) is 11.2. The monoisotopic (exact) mass is 493 g/mol. The van der Waals surface area contributed by atoms with Crippen molar-refractivity contribution in [2.45, 2.75) is 66.3 Å². The molecule has 0 radical (unpaired) electrons. The molecule has 0 amide bonds. The summed E-state index contributed by atoms with van der Waals surface area (Å²) >= 11 is 0. The largest absolute Gasteiger partial charge is 0.374 e. The lowest BCUT2D eigenvalue weighted by atomic mass is 9.95. The Balaban J connectivity index is 1.67. The fraction of sp³-hybridized carbons (Fsp3) is 0.552. The van der Waals surface area contributed by atoms with Crippen LogP contribution in [0.1, 0.15) is 66.9 Å². The molecule has 0 aliphatic carbocycles. The number of hydrogen-bond donors (Lipinski definition) is 3. The lowest BCUT2D eigenvalue weighted by molar-refractivity contribution is 0.138. The molecule has 0 bridgehead atoms. The number of rotatable bonds is 8. The lowest BCUT2D eigenvalue weighted by Gasteiger charge is -2.35. The van der Waals surface area contributed by atoms with Crippen LogP contribution in [0.25, 0.3) is 10.9 Å². The fourth-order valence-corrected chi connectivity index (χ4v) is 5.73. The summed E-state index contributed by atoms with van der Waals surface area (Å²) < 4.78 is 2.30. The van der Waals surface area contributed by atoms with E-state index in [0.29, 0.717) is 18.2 Å². The van der Waals surface area contributed by atoms with E-state index in [1.807, 2.05) is 19.9 Å². The maximum absolute atomic E-state index is 12.5. The standard InChI is InChI=1S/C29H43N5O2/c1-18(2)34-16-20(4)27-24(28(35)30-15-25-19(3)12-21(5)31-29(25)36)13-23(14-26(27)34)33-10-8-22(9-11-33)17-32(6)7/h12-14,16,18,22,28,30,35H,8-11,15,17H2,1-7H3,(H,31,36)/t28-/m1/s1. The molecule has 0 unspecified atom stereocenters. The van der Waals surface area contributed by atoms with Crippen molar-refractivity contribution in [3.05, 3.63) is 62.7 Å². The first-order valence-electron chi connectivity index (χ1n) is 13.2. The fourth-order valence-electron chi connectivity index (χ4n) is 5.73. The van der Waals surface area contributed by atoms with Crippen LogP contribution in [0.5, 0.6) is 0 Å². The highest BCUT2D eigenvalue weighted by Crippen LogP contribution is 2.36. The zero-order valence-electron chi connectivity index (χ0n) is 23.0. The number of aromatic nitrogens is 2. The number of pyridine rings is 1. The van der Waals surface area contributed by atoms with Gasteiger partial charge in [0.2, 0.25) is 0 Å². The van der Waals surface area contributed by atoms with E-state index in [-0.39, 0.29) is 5.56 Å². The van der Waals surface area contributed by atoms with Gasteiger partial charge in [-0.05, 0) is 96.8 Å². The van der Waals surface area contributed by atoms with Gasteiger partial charge in [0, 0.05) is 66.3 Å². The number of H-pyrrole nitrogens is 1. The highest BCUT2D eigenvalue weighted by Gasteiger charge is 2.24. The van der Waals surface area contributed by atoms with Gasteiger partial charge in [-0.25, -0.2) is 0 Å². The molecule has 1 saturated heterocycles. The van der Waals surface area contributed by atoms with Crippen molar-refractivity contribution in [3.63, 3.8) is 0 Å². The van der Waals surface area contributed by atoms with E-state index in [1.54, 1.807) is 0 Å². The number of nitrogens with one attached hydrogen (secondary N) is 2. The summed E-state index contributed by atoms with van der Waals surface area (Å²) in [6, 6.07) is 6.72. The molecule has 0 saturated carbocycles. The van der Waals surface area contributed by atoms with E-state index >= 15 is 0 Å². The summed E-state index contributed by atoms with van der Waals surface area (Å²) in [4.78, 5) is 20.1. The predicted molar refractivity (Wildman–Crippen MR) is 149 cm³/mol. The maximum atomic E-state index is 12.5. The van der Waals surface area contributed by atoms with Gasteiger partial charge in [0.25, 0.3) is 5.56 Å². The average Bonchev–Trinajstić information content (AvgIpc) is 3.14. The van der Waals surface area contributed by atoms with Crippen molar-refractivity contribution < 1.29 is 5.11 Å². The molecule has 2 aromatic heterocycles. The third-order valence-corrected chi connectivity index (χ3v) is 7.56. The molecular weight excluding hydrogens is 450 g/mol. The molecule has 3 heterocycles. The van der Waals surface area contributed by atoms with Crippen LogP contribution in [-0.4, -0.2) is 53.3 Å². The van der Waals surface area contributed by atoms with Gasteiger partial charge in [-0.1, -0.05) is 0 Å². The van der Waals surface area contributed by atoms with Crippen molar-refractivity contribution in [2.24, 2.45) is 5.92 Å². The van der Waals surface area contributed by atoms with Crippen molar-refractivity contribution in [1.82, 2.24) is 19.8 Å². The van der Waals surface area contributed by atoms with Crippen LogP contribution in [0.3, 0.4) is 0 Å². The molecule has 7 heteroatoms. The normalized spacial score (nSPS) is 16.0. The number of aromatic amines is 1. The summed E-state index contributed by atoms with van der Waals surface area (Å²) in [6.45, 7) is 13.8. The summed E-state index contributed by atoms with van der Waals surface area (Å²) in [5, 5.41) is 15.7. The first-order valence-corrected chi connectivity index (χ1v) is 13.2. The van der Waals surface area contributed by atoms with Crippen LogP contribution in [0.15, 0.2) is 29.2 Å². The lowest BCUT2D eigenvalue weighted by Crippen LogP contribution is -2.37. The SMILES string of the molecule is Cc1cc(C)c(CN[C@H](O)c2cc(N3CCC(CN(C)C)CC3)cc3c2c(C)cn3C(C)C)c(=O)[nH]1. The van der Waals surface area contributed by atoms with Crippen molar-refractivity contribution in [1.29, 1.82) is 0 Å². The van der Waals surface area contributed by atoms with Crippen molar-refractivity contribution >= 4 is 16.6 Å². The van der Waals surface area contributed by atoms with Crippen molar-refractivity contribution in [3.8, 4) is 0 Å². The minimum atomic E-state index is -0.888. The Morgan fingerprint density at radius 2 is 1.81 bits per heavy atom. The Morgan fingerprint density at radius 3 is 2.42 bits per heavy atom. The first-order chi connectivity index (χ1) is 17.0. The average molecular weight is 494 g/mol. The second kappa shape index (κ2) is 10.8. The third-order valence-electron chi connectivity index (χ3n) is 7.56. The van der Waals surface area contributed by atoms with E-state index < -0.39 is 6.23 Å². The smallest absolute Gasteiger partial charge is 0.252 e. The number of aliphatic hydroxyl groups is 1. The van der Waals surface area contributed by atoms with Gasteiger partial charge >= 0.3 is 0 Å². The van der Waals surface area contributed by atoms with Crippen LogP contribution in [-0.2, 0) is 6.54 Å². The molecule has 1 aromatic carbocycles. The highest BCUT2D eigenvalue weighted by atomic mass is 16.3. The molecule has 3 N–H and O–H groups in total. The minimum Gasteiger partial charge on any atom is -0.374 e. The molecule has 36 heavy (non-hydrogen) atoms. The van der Waals surface area contributed by atoms with Gasteiger partial charge in [0.1, 0.15) is 6.23 Å². The van der Waals surface area contributed by atoms with Gasteiger partial charge in [-0.15, -0.1) is 0 Å². The molecule has 7 nitrogen and oxygen atoms in total. The van der Waals surface area contributed by atoms with E-state index in [0.717, 1.165) is 64.5 Å². The first kappa shape index (κ1) is 26.5. The van der Waals surface area contributed by atoms with Gasteiger partial charge < -0.3 is 24.5 Å². The van der Waals surface area contributed by atoms with E-state index in [1.165, 1.54) is 12.8 Å². The number of piperidine rings is 1. The zero-order chi connectivity index (χ0) is 26.1. The number of fused-ring (bicyclic) bond motifs is 1. The summed E-state index contributed by atoms with van der Waals surface area (Å²) in [7, 11) is 4.30. The minimum absolute atomic E-state index is 0.103. The van der Waals surface area contributed by atoms with Crippen LogP contribution < -0.4 is 15.8 Å². The number of hydrogen-bond acceptors (Lipinski definition) is 5. The molecule has 196 valence electrons. The number of aliphatic hydroxyl groups excluding tert-OH is 1. The highest BCUT2D eigenvalue weighted by molar-refractivity contribution is 5.91. The Morgan fingerprint density at radius 1 is 1.11 bits per heavy atom. The Hall–Kier alpha value is -2.61. The maximum Gasteiger partial charge on any atom is 0.252 e. The Kier molecular flexibility index (Phi) is 7.93. The molecular formula is C29H43N5O2. The number of aryl methyl sites for hydroxylation is 3. The Labute approximate surface area is 215 Å². The van der Waals surface area contributed by atoms with E-state index in [4.69, 9.17) is 0 Å². The number of benzene rings is 1. The predicted octanol–water partition coefficient (Wildman–Crippen LogP) is 4.39. The molecule has 1 aliphatic heterocycles. The summed E-state index contributed by atoms with van der Waals surface area (Å²) in [5.74, 6) is 0.726. The van der Waals surface area contributed by atoms with Crippen LogP contribution in [0.2, 0.25) is 0 Å². The summed E-state index contributed by atoms with van der Waals surface area (Å²) in [6.07, 6.45) is 3.64. The van der Waals surface area contributed by atoms with Gasteiger partial charge in [0.05, 0.1) is 5.52 Å². The quantitative estimate of drug-likeness (QED) is 0.406. The molecule has 1 atom stereocenters. The number of anilines is 1. The van der Waals surface area contributed by atoms with Gasteiger partial charge in [-0.3, -0.25) is 10.1 Å². The topological polar surface area (TPSA) is 76.5 Å². The van der Waals surface area contributed by atoms with E-state index in [2.05, 4.69) is 77.9 Å². The zero-order valence-corrected chi connectivity index (χ0v) is 23.0. The molecule has 4 rings (SSSR count). The summed E-state index contributed by atoms with van der Waals surface area (Å²) in [5.41, 5.74) is 6.65. The molecule has 1 fully saturated rings. The van der Waals surface area contributed by atoms with Crippen molar-refractivity contribution in [2.75, 3.05) is 38.6 Å². The van der Waals surface area contributed by atoms with Gasteiger partial charge in [0.15, 0.2) is 0 Å². The third kappa shape index (κ3) is 5.53. The van der Waals surface area contributed by atoms with Crippen LogP contribution >= 0.6 is 0 Å². The second-order valence-corrected chi connectivity index (χ2v) is 11.2.